The Morgan fingerprint density at radius 3 is 2.56 bits per heavy atom. The molecule has 0 radical (unpaired) electrons. The lowest BCUT2D eigenvalue weighted by Gasteiger charge is -2.06. The highest BCUT2D eigenvalue weighted by Crippen LogP contribution is 2.29. The van der Waals surface area contributed by atoms with E-state index in [2.05, 4.69) is 0 Å². The molecule has 0 aromatic heterocycles. The molecule has 1 amide bonds. The number of nitro groups is 1. The number of hydrogen-bond donors (Lipinski definition) is 3. The lowest BCUT2D eigenvalue weighted by molar-refractivity contribution is -0.386. The van der Waals surface area contributed by atoms with Gasteiger partial charge in [0.05, 0.1) is 11.5 Å². The van der Waals surface area contributed by atoms with E-state index in [1.54, 1.807) is 0 Å². The van der Waals surface area contributed by atoms with Gasteiger partial charge in [0.1, 0.15) is 5.69 Å². The van der Waals surface area contributed by atoms with Crippen molar-refractivity contribution in [1.82, 2.24) is 4.72 Å². The number of carbonyl (C=O) groups is 1. The van der Waals surface area contributed by atoms with Gasteiger partial charge in [0.2, 0.25) is 15.9 Å². The number of amides is 1. The molecule has 0 bridgehead atoms. The second-order valence-electron chi connectivity index (χ2n) is 3.24. The fourth-order valence-corrected chi connectivity index (χ4v) is 2.39. The molecular weight excluding hydrogens is 264 g/mol. The molecule has 0 unspecified atom stereocenters. The summed E-state index contributed by atoms with van der Waals surface area (Å²) < 4.78 is 25.3. The minimum Gasteiger partial charge on any atom is -0.393 e. The molecule has 0 aliphatic rings. The first-order valence-electron chi connectivity index (χ1n) is 4.56. The third-order valence-corrected chi connectivity index (χ3v) is 3.37. The fourth-order valence-electron chi connectivity index (χ4n) is 1.20. The van der Waals surface area contributed by atoms with E-state index in [1.807, 2.05) is 4.72 Å². The average molecular weight is 274 g/mol. The summed E-state index contributed by atoms with van der Waals surface area (Å²) in [5.41, 5.74) is 9.10. The number of nitrogen functional groups attached to an aromatic ring is 1. The maximum atomic E-state index is 11.7. The number of anilines is 1. The second kappa shape index (κ2) is 4.98. The van der Waals surface area contributed by atoms with E-state index < -0.39 is 38.0 Å². The van der Waals surface area contributed by atoms with Crippen LogP contribution in [0.3, 0.4) is 0 Å². The van der Waals surface area contributed by atoms with Gasteiger partial charge in [-0.1, -0.05) is 6.07 Å². The van der Waals surface area contributed by atoms with Crippen LogP contribution in [0.2, 0.25) is 0 Å². The Labute approximate surface area is 102 Å². The van der Waals surface area contributed by atoms with Crippen LogP contribution in [-0.2, 0) is 14.8 Å². The van der Waals surface area contributed by atoms with Gasteiger partial charge in [-0.05, 0) is 12.1 Å². The molecule has 18 heavy (non-hydrogen) atoms. The SMILES string of the molecule is NC(=O)CNS(=O)(=O)c1cccc(N)c1[N+](=O)[O-]. The molecule has 0 saturated heterocycles. The monoisotopic (exact) mass is 274 g/mol. The minimum absolute atomic E-state index is 0.290. The maximum absolute atomic E-state index is 11.7. The van der Waals surface area contributed by atoms with E-state index in [0.717, 1.165) is 6.07 Å². The number of para-hydroxylation sites is 1. The summed E-state index contributed by atoms with van der Waals surface area (Å²) in [6.45, 7) is -0.658. The van der Waals surface area contributed by atoms with Crippen molar-refractivity contribution in [3.63, 3.8) is 0 Å². The van der Waals surface area contributed by atoms with Gasteiger partial charge in [-0.15, -0.1) is 0 Å². The Hall–Kier alpha value is -2.20. The number of sulfonamides is 1. The normalized spacial score (nSPS) is 11.1. The van der Waals surface area contributed by atoms with Crippen LogP contribution in [0.15, 0.2) is 23.1 Å². The van der Waals surface area contributed by atoms with Gasteiger partial charge in [0, 0.05) is 0 Å². The van der Waals surface area contributed by atoms with Crippen molar-refractivity contribution in [1.29, 1.82) is 0 Å². The molecule has 0 atom stereocenters. The van der Waals surface area contributed by atoms with Crippen molar-refractivity contribution in [2.45, 2.75) is 4.90 Å². The molecule has 0 spiro atoms. The molecule has 98 valence electrons. The van der Waals surface area contributed by atoms with Crippen molar-refractivity contribution >= 4 is 27.3 Å². The summed E-state index contributed by atoms with van der Waals surface area (Å²) in [6, 6.07) is 3.46. The van der Waals surface area contributed by atoms with E-state index in [0.29, 0.717) is 0 Å². The van der Waals surface area contributed by atoms with Crippen LogP contribution in [0, 0.1) is 10.1 Å². The highest BCUT2D eigenvalue weighted by atomic mass is 32.2. The topological polar surface area (TPSA) is 158 Å². The number of primary amides is 1. The first kappa shape index (κ1) is 13.9. The molecule has 5 N–H and O–H groups in total. The van der Waals surface area contributed by atoms with Crippen molar-refractivity contribution in [3.8, 4) is 0 Å². The Balaban J connectivity index is 3.28. The number of nitrogens with one attached hydrogen (secondary N) is 1. The van der Waals surface area contributed by atoms with E-state index in [1.165, 1.54) is 12.1 Å². The summed E-state index contributed by atoms with van der Waals surface area (Å²) in [6.07, 6.45) is 0. The van der Waals surface area contributed by atoms with Gasteiger partial charge in [0.15, 0.2) is 4.90 Å². The van der Waals surface area contributed by atoms with Gasteiger partial charge in [-0.3, -0.25) is 14.9 Å². The summed E-state index contributed by atoms with van der Waals surface area (Å²) in [5.74, 6) is -0.912. The zero-order valence-corrected chi connectivity index (χ0v) is 9.81. The van der Waals surface area contributed by atoms with E-state index >= 15 is 0 Å². The summed E-state index contributed by atoms with van der Waals surface area (Å²) in [4.78, 5) is 19.7. The predicted molar refractivity (Wildman–Crippen MR) is 61.9 cm³/mol. The third kappa shape index (κ3) is 2.93. The third-order valence-electron chi connectivity index (χ3n) is 1.94. The smallest absolute Gasteiger partial charge is 0.312 e. The zero-order valence-electron chi connectivity index (χ0n) is 8.99. The second-order valence-corrected chi connectivity index (χ2v) is 4.98. The molecule has 1 aromatic carbocycles. The van der Waals surface area contributed by atoms with Crippen LogP contribution in [-0.4, -0.2) is 25.8 Å². The molecule has 0 saturated carbocycles. The Morgan fingerprint density at radius 1 is 1.44 bits per heavy atom. The van der Waals surface area contributed by atoms with Gasteiger partial charge in [-0.25, -0.2) is 13.1 Å². The van der Waals surface area contributed by atoms with Gasteiger partial charge in [-0.2, -0.15) is 0 Å². The number of rotatable bonds is 5. The fraction of sp³-hybridized carbons (Fsp3) is 0.125. The van der Waals surface area contributed by atoms with E-state index in [4.69, 9.17) is 11.5 Å². The van der Waals surface area contributed by atoms with Crippen molar-refractivity contribution in [2.75, 3.05) is 12.3 Å². The molecule has 9 nitrogen and oxygen atoms in total. The number of nitro benzene ring substituents is 1. The number of hydrogen-bond acceptors (Lipinski definition) is 6. The Kier molecular flexibility index (Phi) is 3.83. The minimum atomic E-state index is -4.23. The lowest BCUT2D eigenvalue weighted by Crippen LogP contribution is -2.33. The van der Waals surface area contributed by atoms with E-state index in [-0.39, 0.29) is 5.69 Å². The van der Waals surface area contributed by atoms with Crippen LogP contribution in [0.4, 0.5) is 11.4 Å². The zero-order chi connectivity index (χ0) is 13.9. The van der Waals surface area contributed by atoms with Crippen molar-refractivity contribution in [3.05, 3.63) is 28.3 Å². The Morgan fingerprint density at radius 2 is 2.06 bits per heavy atom. The van der Waals surface area contributed by atoms with Crippen LogP contribution in [0.1, 0.15) is 0 Å². The molecule has 1 rings (SSSR count). The molecule has 0 aliphatic carbocycles. The maximum Gasteiger partial charge on any atom is 0.312 e. The number of carbonyl (C=O) groups excluding carboxylic acids is 1. The number of nitrogens with zero attached hydrogens (tertiary/aromatic N) is 1. The largest absolute Gasteiger partial charge is 0.393 e. The molecular formula is C8H10N4O5S. The van der Waals surface area contributed by atoms with Crippen LogP contribution in [0.25, 0.3) is 0 Å². The standard InChI is InChI=1S/C8H10N4O5S/c9-5-2-1-3-6(8(5)12(14)15)18(16,17)11-4-7(10)13/h1-3,11H,4,9H2,(H2,10,13). The summed E-state index contributed by atoms with van der Waals surface area (Å²) >= 11 is 0. The van der Waals surface area contributed by atoms with Gasteiger partial charge in [0.25, 0.3) is 0 Å². The average Bonchev–Trinajstić information content (AvgIpc) is 2.25. The van der Waals surface area contributed by atoms with Gasteiger partial charge < -0.3 is 11.5 Å². The quantitative estimate of drug-likeness (QED) is 0.352. The number of benzene rings is 1. The molecule has 10 heteroatoms. The molecule has 1 aromatic rings. The summed E-state index contributed by atoms with van der Waals surface area (Å²) in [5, 5.41) is 10.8. The van der Waals surface area contributed by atoms with Crippen LogP contribution < -0.4 is 16.2 Å². The molecule has 0 heterocycles. The van der Waals surface area contributed by atoms with Crippen molar-refractivity contribution < 1.29 is 18.1 Å². The first-order chi connectivity index (χ1) is 8.25. The highest BCUT2D eigenvalue weighted by molar-refractivity contribution is 7.89. The van der Waals surface area contributed by atoms with Gasteiger partial charge >= 0.3 is 5.69 Å². The highest BCUT2D eigenvalue weighted by Gasteiger charge is 2.28. The number of nitrogens with two attached hydrogens (primary N) is 2. The molecule has 0 aliphatic heterocycles. The molecule has 0 fully saturated rings. The van der Waals surface area contributed by atoms with Crippen molar-refractivity contribution in [2.24, 2.45) is 5.73 Å². The summed E-state index contributed by atoms with van der Waals surface area (Å²) in [7, 11) is -4.23. The predicted octanol–water partition coefficient (Wildman–Crippen LogP) is -1.06. The lowest BCUT2D eigenvalue weighted by atomic mass is 10.3. The van der Waals surface area contributed by atoms with Crippen LogP contribution in [0.5, 0.6) is 0 Å². The Bertz CT molecular complexity index is 598. The van der Waals surface area contributed by atoms with E-state index in [9.17, 15) is 23.3 Å². The first-order valence-corrected chi connectivity index (χ1v) is 6.05. The van der Waals surface area contributed by atoms with Crippen LogP contribution >= 0.6 is 0 Å².